The van der Waals surface area contributed by atoms with Gasteiger partial charge in [0.25, 0.3) is 5.91 Å². The molecule has 1 aliphatic carbocycles. The van der Waals surface area contributed by atoms with Gasteiger partial charge in [-0.2, -0.15) is 0 Å². The third-order valence-electron chi connectivity index (χ3n) is 4.96. The fraction of sp³-hybridized carbons (Fsp3) is 0.476. The van der Waals surface area contributed by atoms with Crippen LogP contribution in [0.25, 0.3) is 0 Å². The molecule has 3 rings (SSSR count). The maximum absolute atomic E-state index is 12.4. The first-order valence-corrected chi connectivity index (χ1v) is 12.0. The zero-order chi connectivity index (χ0) is 20.0. The van der Waals surface area contributed by atoms with Crippen LogP contribution < -0.4 is 5.32 Å². The number of halogens is 1. The van der Waals surface area contributed by atoms with E-state index in [-0.39, 0.29) is 35.0 Å². The Labute approximate surface area is 171 Å². The molecule has 2 aromatic rings. The molecule has 0 bridgehead atoms. The molecule has 1 aromatic heterocycles. The Hall–Kier alpha value is -1.79. The van der Waals surface area contributed by atoms with E-state index in [1.165, 1.54) is 19.3 Å². The van der Waals surface area contributed by atoms with E-state index in [4.69, 9.17) is 16.0 Å². The van der Waals surface area contributed by atoms with E-state index in [1.54, 1.807) is 36.4 Å². The molecule has 152 valence electrons. The van der Waals surface area contributed by atoms with Crippen molar-refractivity contribution >= 4 is 27.3 Å². The molecule has 0 aliphatic heterocycles. The highest BCUT2D eigenvalue weighted by Crippen LogP contribution is 2.20. The van der Waals surface area contributed by atoms with Gasteiger partial charge in [-0.1, -0.05) is 55.8 Å². The summed E-state index contributed by atoms with van der Waals surface area (Å²) in [6.45, 7) is 0. The Kier molecular flexibility index (Phi) is 7.18. The monoisotopic (exact) mass is 423 g/mol. The van der Waals surface area contributed by atoms with Gasteiger partial charge in [-0.25, -0.2) is 8.42 Å². The van der Waals surface area contributed by atoms with Crippen molar-refractivity contribution in [2.75, 3.05) is 0 Å². The summed E-state index contributed by atoms with van der Waals surface area (Å²) in [4.78, 5) is 12.4. The van der Waals surface area contributed by atoms with Gasteiger partial charge >= 0.3 is 0 Å². The lowest BCUT2D eigenvalue weighted by atomic mass is 9.97. The summed E-state index contributed by atoms with van der Waals surface area (Å²) in [5, 5.41) is 3.53. The molecule has 0 atom stereocenters. The second kappa shape index (κ2) is 9.61. The van der Waals surface area contributed by atoms with Gasteiger partial charge < -0.3 is 9.73 Å². The molecule has 28 heavy (non-hydrogen) atoms. The van der Waals surface area contributed by atoms with Gasteiger partial charge in [0.1, 0.15) is 11.5 Å². The Morgan fingerprint density at radius 1 is 1.04 bits per heavy atom. The number of carbonyl (C=O) groups excluding carboxylic acids is 1. The van der Waals surface area contributed by atoms with Crippen molar-refractivity contribution in [1.29, 1.82) is 0 Å². The fourth-order valence-corrected chi connectivity index (χ4v) is 5.17. The molecule has 7 heteroatoms. The second-order valence-corrected chi connectivity index (χ2v) is 9.94. The summed E-state index contributed by atoms with van der Waals surface area (Å²) in [5.41, 5.74) is 0.626. The first-order chi connectivity index (χ1) is 13.4. The predicted molar refractivity (Wildman–Crippen MR) is 110 cm³/mol. The molecular formula is C21H26ClNO4S. The Morgan fingerprint density at radius 2 is 1.75 bits per heavy atom. The predicted octanol–water partition coefficient (Wildman–Crippen LogP) is 4.89. The first kappa shape index (κ1) is 20.9. The van der Waals surface area contributed by atoms with Crippen molar-refractivity contribution in [3.8, 4) is 0 Å². The minimum atomic E-state index is -3.44. The van der Waals surface area contributed by atoms with Crippen LogP contribution in [0.1, 0.15) is 66.8 Å². The minimum absolute atomic E-state index is 0.127. The molecule has 1 amide bonds. The normalized spacial score (nSPS) is 16.3. The van der Waals surface area contributed by atoms with E-state index in [2.05, 4.69) is 5.32 Å². The van der Waals surface area contributed by atoms with Crippen LogP contribution in [0, 0.1) is 0 Å². The Morgan fingerprint density at radius 3 is 2.46 bits per heavy atom. The van der Waals surface area contributed by atoms with E-state index in [9.17, 15) is 13.2 Å². The highest BCUT2D eigenvalue weighted by molar-refractivity contribution is 7.89. The van der Waals surface area contributed by atoms with Gasteiger partial charge in [0.15, 0.2) is 15.6 Å². The van der Waals surface area contributed by atoms with Crippen molar-refractivity contribution in [1.82, 2.24) is 5.32 Å². The van der Waals surface area contributed by atoms with Crippen LogP contribution in [0.15, 0.2) is 40.8 Å². The number of nitrogens with one attached hydrogen (secondary N) is 1. The van der Waals surface area contributed by atoms with Crippen molar-refractivity contribution in [2.24, 2.45) is 0 Å². The van der Waals surface area contributed by atoms with Gasteiger partial charge in [0.2, 0.25) is 0 Å². The molecule has 0 radical (unpaired) electrons. The number of carbonyl (C=O) groups is 1. The maximum Gasteiger partial charge on any atom is 0.287 e. The lowest BCUT2D eigenvalue weighted by Gasteiger charge is -2.20. The molecule has 1 aromatic carbocycles. The van der Waals surface area contributed by atoms with Crippen LogP contribution in [-0.2, 0) is 21.3 Å². The summed E-state index contributed by atoms with van der Waals surface area (Å²) in [6, 6.07) is 10.0. The van der Waals surface area contributed by atoms with Crippen LogP contribution in [0.3, 0.4) is 0 Å². The average Bonchev–Trinajstić information content (AvgIpc) is 3.04. The summed E-state index contributed by atoms with van der Waals surface area (Å²) in [5.74, 6) is -0.224. The molecular weight excluding hydrogens is 398 g/mol. The van der Waals surface area contributed by atoms with Crippen molar-refractivity contribution in [3.05, 3.63) is 58.5 Å². The minimum Gasteiger partial charge on any atom is -0.455 e. The number of hydrogen-bond acceptors (Lipinski definition) is 4. The van der Waals surface area contributed by atoms with Gasteiger partial charge in [-0.15, -0.1) is 0 Å². The van der Waals surface area contributed by atoms with E-state index in [0.717, 1.165) is 25.7 Å². The van der Waals surface area contributed by atoms with Gasteiger partial charge in [0.05, 0.1) is 5.75 Å². The topological polar surface area (TPSA) is 76.4 Å². The van der Waals surface area contributed by atoms with Crippen LogP contribution in [0.5, 0.6) is 0 Å². The highest BCUT2D eigenvalue weighted by Gasteiger charge is 2.20. The summed E-state index contributed by atoms with van der Waals surface area (Å²) >= 11 is 5.91. The zero-order valence-electron chi connectivity index (χ0n) is 15.8. The molecule has 1 fully saturated rings. The van der Waals surface area contributed by atoms with Gasteiger partial charge in [-0.05, 0) is 42.7 Å². The van der Waals surface area contributed by atoms with Crippen LogP contribution >= 0.6 is 11.6 Å². The lowest BCUT2D eigenvalue weighted by molar-refractivity contribution is 0.0900. The molecule has 5 nitrogen and oxygen atoms in total. The Balaban J connectivity index is 1.58. The Bertz CT molecular complexity index is 899. The quantitative estimate of drug-likeness (QED) is 0.717. The third-order valence-corrected chi connectivity index (χ3v) is 6.70. The average molecular weight is 424 g/mol. The smallest absolute Gasteiger partial charge is 0.287 e. The first-order valence-electron chi connectivity index (χ1n) is 9.76. The third kappa shape index (κ3) is 6.38. The zero-order valence-corrected chi connectivity index (χ0v) is 17.4. The van der Waals surface area contributed by atoms with E-state index >= 15 is 0 Å². The number of rotatable bonds is 6. The maximum atomic E-state index is 12.4. The SMILES string of the molecule is O=C(NC1CCCCCCC1)c1ccc(CS(=O)(=O)Cc2cccc(Cl)c2)o1. The summed E-state index contributed by atoms with van der Waals surface area (Å²) in [6.07, 6.45) is 7.89. The number of hydrogen-bond donors (Lipinski definition) is 1. The standard InChI is InChI=1S/C21H26ClNO4S/c22-17-8-6-7-16(13-17)14-28(25,26)15-19-11-12-20(27-19)21(24)23-18-9-4-2-1-3-5-10-18/h6-8,11-13,18H,1-5,9-10,14-15H2,(H,23,24). The molecule has 1 aliphatic rings. The second-order valence-electron chi connectivity index (χ2n) is 7.44. The van der Waals surface area contributed by atoms with E-state index in [1.807, 2.05) is 0 Å². The van der Waals surface area contributed by atoms with Gasteiger partial charge in [-0.3, -0.25) is 4.79 Å². The number of amides is 1. The van der Waals surface area contributed by atoms with E-state index < -0.39 is 9.84 Å². The van der Waals surface area contributed by atoms with Gasteiger partial charge in [0, 0.05) is 11.1 Å². The molecule has 0 saturated heterocycles. The number of sulfone groups is 1. The van der Waals surface area contributed by atoms with Crippen LogP contribution in [0.4, 0.5) is 0 Å². The molecule has 0 unspecified atom stereocenters. The largest absolute Gasteiger partial charge is 0.455 e. The summed E-state index contributed by atoms with van der Waals surface area (Å²) < 4.78 is 30.4. The highest BCUT2D eigenvalue weighted by atomic mass is 35.5. The molecule has 1 N–H and O–H groups in total. The molecule has 0 spiro atoms. The summed E-state index contributed by atoms with van der Waals surface area (Å²) in [7, 11) is -3.44. The van der Waals surface area contributed by atoms with Crippen molar-refractivity contribution in [2.45, 2.75) is 62.5 Å². The van der Waals surface area contributed by atoms with Crippen molar-refractivity contribution < 1.29 is 17.6 Å². The number of furan rings is 1. The van der Waals surface area contributed by atoms with Crippen LogP contribution in [0.2, 0.25) is 5.02 Å². The van der Waals surface area contributed by atoms with Crippen LogP contribution in [-0.4, -0.2) is 20.4 Å². The van der Waals surface area contributed by atoms with Crippen molar-refractivity contribution in [3.63, 3.8) is 0 Å². The lowest BCUT2D eigenvalue weighted by Crippen LogP contribution is -2.35. The molecule has 1 heterocycles. The molecule has 1 saturated carbocycles. The van der Waals surface area contributed by atoms with E-state index in [0.29, 0.717) is 10.6 Å². The fourth-order valence-electron chi connectivity index (χ4n) is 3.58. The number of benzene rings is 1.